The minimum absolute atomic E-state index is 0.228. The van der Waals surface area contributed by atoms with Gasteiger partial charge in [-0.3, -0.25) is 4.79 Å². The van der Waals surface area contributed by atoms with Gasteiger partial charge in [0.1, 0.15) is 24.7 Å². The summed E-state index contributed by atoms with van der Waals surface area (Å²) in [4.78, 5) is 36.5. The number of ether oxygens (including phenoxy) is 3. The van der Waals surface area contributed by atoms with Gasteiger partial charge in [0.05, 0.1) is 18.3 Å². The van der Waals surface area contributed by atoms with E-state index in [1.54, 1.807) is 6.92 Å². The molecule has 0 spiro atoms. The first-order valence-electron chi connectivity index (χ1n) is 12.5. The Morgan fingerprint density at radius 2 is 0.902 bits per heavy atom. The Bertz CT molecular complexity index is 934. The molecular formula is C24H31F11O6. The van der Waals surface area contributed by atoms with E-state index in [0.717, 1.165) is 6.92 Å². The van der Waals surface area contributed by atoms with Crippen molar-refractivity contribution >= 4 is 17.9 Å². The molecule has 6 nitrogen and oxygen atoms in total. The third-order valence-corrected chi connectivity index (χ3v) is 6.37. The van der Waals surface area contributed by atoms with Crippen molar-refractivity contribution in [1.29, 1.82) is 0 Å². The molecule has 0 radical (unpaired) electrons. The van der Waals surface area contributed by atoms with E-state index in [1.165, 1.54) is 13.8 Å². The molecule has 1 aliphatic carbocycles. The first-order chi connectivity index (χ1) is 18.2. The zero-order valence-electron chi connectivity index (χ0n) is 22.5. The van der Waals surface area contributed by atoms with Crippen LogP contribution in [-0.4, -0.2) is 66.1 Å². The maximum absolute atomic E-state index is 14.1. The molecule has 41 heavy (non-hydrogen) atoms. The average molecular weight is 624 g/mol. The molecule has 1 aliphatic rings. The van der Waals surface area contributed by atoms with Crippen LogP contribution < -0.4 is 0 Å². The van der Waals surface area contributed by atoms with Crippen molar-refractivity contribution in [3.63, 3.8) is 0 Å². The third kappa shape index (κ3) is 11.8. The topological polar surface area (TPSA) is 78.9 Å². The van der Waals surface area contributed by atoms with Crippen molar-refractivity contribution in [2.45, 2.75) is 127 Å². The summed E-state index contributed by atoms with van der Waals surface area (Å²) in [5, 5.41) is 0. The summed E-state index contributed by atoms with van der Waals surface area (Å²) >= 11 is 0. The number of carbonyl (C=O) groups is 3. The lowest BCUT2D eigenvalue weighted by atomic mass is 9.89. The minimum atomic E-state index is -5.55. The molecule has 0 aromatic carbocycles. The zero-order chi connectivity index (χ0) is 32.2. The van der Waals surface area contributed by atoms with Crippen LogP contribution in [0.3, 0.4) is 0 Å². The average Bonchev–Trinajstić information content (AvgIpc) is 2.75. The lowest BCUT2D eigenvalue weighted by Gasteiger charge is -2.36. The summed E-state index contributed by atoms with van der Waals surface area (Å²) in [7, 11) is 0. The number of hydrogen-bond donors (Lipinski definition) is 0. The maximum Gasteiger partial charge on any atom is 0.394 e. The van der Waals surface area contributed by atoms with Crippen molar-refractivity contribution in [1.82, 2.24) is 0 Å². The van der Waals surface area contributed by atoms with E-state index in [9.17, 15) is 62.7 Å². The van der Waals surface area contributed by atoms with Crippen molar-refractivity contribution in [3.8, 4) is 0 Å². The van der Waals surface area contributed by atoms with E-state index in [-0.39, 0.29) is 6.42 Å². The number of halogens is 11. The predicted octanol–water partition coefficient (Wildman–Crippen LogP) is 7.03. The van der Waals surface area contributed by atoms with E-state index >= 15 is 0 Å². The molecule has 0 aliphatic heterocycles. The quantitative estimate of drug-likeness (QED) is 0.125. The Morgan fingerprint density at radius 1 is 0.561 bits per heavy atom. The lowest BCUT2D eigenvalue weighted by molar-refractivity contribution is -0.219. The first kappa shape index (κ1) is 36.7. The van der Waals surface area contributed by atoms with Gasteiger partial charge in [0, 0.05) is 25.7 Å². The van der Waals surface area contributed by atoms with Gasteiger partial charge in [-0.05, 0) is 20.3 Å². The summed E-state index contributed by atoms with van der Waals surface area (Å²) in [6.07, 6.45) is -21.4. The van der Waals surface area contributed by atoms with Gasteiger partial charge in [-0.2, -0.15) is 30.7 Å². The van der Waals surface area contributed by atoms with Crippen LogP contribution in [-0.2, 0) is 28.6 Å². The van der Waals surface area contributed by atoms with Crippen LogP contribution in [0.5, 0.6) is 0 Å². The van der Waals surface area contributed by atoms with E-state index in [0.29, 0.717) is 0 Å². The normalized spacial score (nSPS) is 21.3. The minimum Gasteiger partial charge on any atom is -0.462 e. The second kappa shape index (κ2) is 12.9. The van der Waals surface area contributed by atoms with Crippen LogP contribution in [0, 0.1) is 5.41 Å². The molecule has 1 saturated carbocycles. The Labute approximate surface area is 228 Å². The zero-order valence-corrected chi connectivity index (χ0v) is 22.5. The number of esters is 3. The van der Waals surface area contributed by atoms with Crippen LogP contribution in [0.4, 0.5) is 48.3 Å². The molecule has 0 heterocycles. The van der Waals surface area contributed by atoms with Gasteiger partial charge >= 0.3 is 35.9 Å². The fourth-order valence-electron chi connectivity index (χ4n) is 3.66. The lowest BCUT2D eigenvalue weighted by Crippen LogP contribution is -2.46. The van der Waals surface area contributed by atoms with E-state index < -0.39 is 116 Å². The highest BCUT2D eigenvalue weighted by atomic mass is 19.4. The van der Waals surface area contributed by atoms with Crippen LogP contribution >= 0.6 is 0 Å². The second-order valence-electron chi connectivity index (χ2n) is 10.6. The van der Waals surface area contributed by atoms with E-state index in [2.05, 4.69) is 9.47 Å². The van der Waals surface area contributed by atoms with E-state index in [4.69, 9.17) is 4.74 Å². The number of alkyl halides is 11. The highest BCUT2D eigenvalue weighted by Gasteiger charge is 2.55. The number of hydrogen-bond acceptors (Lipinski definition) is 6. The molecule has 0 aromatic rings. The first-order valence-corrected chi connectivity index (χ1v) is 12.5. The summed E-state index contributed by atoms with van der Waals surface area (Å²) in [6, 6.07) is 0. The van der Waals surface area contributed by atoms with E-state index in [1.807, 2.05) is 0 Å². The largest absolute Gasteiger partial charge is 0.462 e. The van der Waals surface area contributed by atoms with Crippen molar-refractivity contribution in [3.05, 3.63) is 0 Å². The molecule has 1 rings (SSSR count). The molecule has 0 aromatic heterocycles. The molecule has 1 fully saturated rings. The highest BCUT2D eigenvalue weighted by molar-refractivity contribution is 5.78. The van der Waals surface area contributed by atoms with Gasteiger partial charge in [-0.25, -0.2) is 27.2 Å². The van der Waals surface area contributed by atoms with Gasteiger partial charge in [-0.15, -0.1) is 0 Å². The summed E-state index contributed by atoms with van der Waals surface area (Å²) in [5.41, 5.74) is -1.12. The molecule has 0 saturated heterocycles. The maximum atomic E-state index is 14.1. The third-order valence-electron chi connectivity index (χ3n) is 6.37. The standard InChI is InChI=1S/C24H31F11O6/c1-5-19(3,4)16(36)39-13-7-14(40-17(37)22(29,30)10-20(25,26)6-2)9-15(8-13)41-18(38)23(31,32)11-21(27,28)12-24(33,34)35/h13-15H,5-12H2,1-4H3. The Morgan fingerprint density at radius 3 is 1.22 bits per heavy atom. The van der Waals surface area contributed by atoms with Crippen LogP contribution in [0.2, 0.25) is 0 Å². The molecule has 17 heteroatoms. The van der Waals surface area contributed by atoms with Crippen molar-refractivity contribution in [2.75, 3.05) is 0 Å². The Hall–Kier alpha value is -2.36. The van der Waals surface area contributed by atoms with Gasteiger partial charge in [0.2, 0.25) is 0 Å². The van der Waals surface area contributed by atoms with Gasteiger partial charge in [-0.1, -0.05) is 13.8 Å². The van der Waals surface area contributed by atoms with Crippen LogP contribution in [0.25, 0.3) is 0 Å². The molecule has 0 bridgehead atoms. The molecule has 0 amide bonds. The number of rotatable bonds is 13. The fourth-order valence-corrected chi connectivity index (χ4v) is 3.66. The smallest absolute Gasteiger partial charge is 0.394 e. The van der Waals surface area contributed by atoms with Crippen molar-refractivity contribution in [2.24, 2.45) is 5.41 Å². The molecular weight excluding hydrogens is 593 g/mol. The van der Waals surface area contributed by atoms with Crippen LogP contribution in [0.15, 0.2) is 0 Å². The van der Waals surface area contributed by atoms with Crippen molar-refractivity contribution < 1.29 is 76.9 Å². The SMILES string of the molecule is CCC(F)(F)CC(F)(F)C(=O)OC1CC(OC(=O)C(C)(C)CC)CC(OC(=O)C(F)(F)CC(F)(F)CC(F)(F)F)C1. The molecule has 0 N–H and O–H groups in total. The highest BCUT2D eigenvalue weighted by Crippen LogP contribution is 2.40. The number of carbonyl (C=O) groups excluding carboxylic acids is 3. The molecule has 3 unspecified atom stereocenters. The predicted molar refractivity (Wildman–Crippen MR) is 118 cm³/mol. The monoisotopic (exact) mass is 624 g/mol. The summed E-state index contributed by atoms with van der Waals surface area (Å²) < 4.78 is 162. The Kier molecular flexibility index (Phi) is 11.5. The summed E-state index contributed by atoms with van der Waals surface area (Å²) in [6.45, 7) is 5.38. The Balaban J connectivity index is 3.13. The van der Waals surface area contributed by atoms with Gasteiger partial charge < -0.3 is 14.2 Å². The fraction of sp³-hybridized carbons (Fsp3) is 0.875. The van der Waals surface area contributed by atoms with Crippen LogP contribution in [0.1, 0.15) is 79.1 Å². The second-order valence-corrected chi connectivity index (χ2v) is 10.6. The van der Waals surface area contributed by atoms with Gasteiger partial charge in [0.15, 0.2) is 0 Å². The van der Waals surface area contributed by atoms with Gasteiger partial charge in [0.25, 0.3) is 11.8 Å². The summed E-state index contributed by atoms with van der Waals surface area (Å²) in [5.74, 6) is -24.9. The molecule has 240 valence electrons. The molecule has 3 atom stereocenters.